The molecule has 0 unspecified atom stereocenters. The molecule has 0 saturated carbocycles. The van der Waals surface area contributed by atoms with E-state index in [0.29, 0.717) is 25.4 Å². The number of nitrogens with zero attached hydrogens (tertiary/aromatic N) is 1. The van der Waals surface area contributed by atoms with Crippen molar-refractivity contribution in [3.05, 3.63) is 65.5 Å². The van der Waals surface area contributed by atoms with Gasteiger partial charge in [-0.05, 0) is 23.8 Å². The van der Waals surface area contributed by atoms with Crippen molar-refractivity contribution in [3.63, 3.8) is 0 Å². The molecular weight excluding hydrogens is 297 g/mol. The van der Waals surface area contributed by atoms with Crippen molar-refractivity contribution in [2.45, 2.75) is 6.54 Å². The molecule has 0 bridgehead atoms. The van der Waals surface area contributed by atoms with Crippen molar-refractivity contribution in [1.29, 1.82) is 0 Å². The second-order valence-electron chi connectivity index (χ2n) is 5.05. The summed E-state index contributed by atoms with van der Waals surface area (Å²) in [6, 6.07) is 13.6. The zero-order chi connectivity index (χ0) is 16.7. The number of rotatable bonds is 7. The van der Waals surface area contributed by atoms with Crippen molar-refractivity contribution >= 4 is 5.91 Å². The Bertz CT molecular complexity index is 646. The molecule has 0 N–H and O–H groups in total. The van der Waals surface area contributed by atoms with E-state index in [-0.39, 0.29) is 11.5 Å². The summed E-state index contributed by atoms with van der Waals surface area (Å²) in [7, 11) is 3.04. The minimum atomic E-state index is -0.472. The van der Waals surface area contributed by atoms with Crippen molar-refractivity contribution in [1.82, 2.24) is 4.90 Å². The molecule has 0 radical (unpaired) electrons. The molecule has 122 valence electrons. The molecule has 0 aliphatic carbocycles. The summed E-state index contributed by atoms with van der Waals surface area (Å²) in [6.45, 7) is 1.23. The lowest BCUT2D eigenvalue weighted by Crippen LogP contribution is -2.33. The molecule has 2 aromatic rings. The summed E-state index contributed by atoms with van der Waals surface area (Å²) in [5.74, 6) is -0.408. The van der Waals surface area contributed by atoms with Crippen LogP contribution in [0.2, 0.25) is 0 Å². The van der Waals surface area contributed by atoms with E-state index in [1.165, 1.54) is 25.3 Å². The van der Waals surface area contributed by atoms with Crippen LogP contribution in [0, 0.1) is 5.82 Å². The first-order valence-electron chi connectivity index (χ1n) is 7.31. The molecule has 0 aliphatic heterocycles. The molecule has 0 aromatic heterocycles. The summed E-state index contributed by atoms with van der Waals surface area (Å²) < 4.78 is 23.8. The van der Waals surface area contributed by atoms with E-state index in [2.05, 4.69) is 0 Å². The number of amides is 1. The third kappa shape index (κ3) is 4.53. The summed E-state index contributed by atoms with van der Waals surface area (Å²) >= 11 is 0. The number of methoxy groups -OCH3 is 2. The Morgan fingerprint density at radius 2 is 1.87 bits per heavy atom. The quantitative estimate of drug-likeness (QED) is 0.787. The van der Waals surface area contributed by atoms with Gasteiger partial charge in [0.25, 0.3) is 5.91 Å². The predicted molar refractivity (Wildman–Crippen MR) is 86.0 cm³/mol. The molecule has 0 heterocycles. The minimum Gasteiger partial charge on any atom is -0.496 e. The fourth-order valence-electron chi connectivity index (χ4n) is 2.28. The number of carbonyl (C=O) groups is 1. The fourth-order valence-corrected chi connectivity index (χ4v) is 2.28. The third-order valence-electron chi connectivity index (χ3n) is 3.46. The smallest absolute Gasteiger partial charge is 0.258 e. The molecule has 5 heteroatoms. The van der Waals surface area contributed by atoms with Gasteiger partial charge in [-0.3, -0.25) is 4.79 Å². The Morgan fingerprint density at radius 3 is 2.52 bits per heavy atom. The molecule has 0 spiro atoms. The van der Waals surface area contributed by atoms with Gasteiger partial charge in [0.05, 0.1) is 19.3 Å². The van der Waals surface area contributed by atoms with E-state index >= 15 is 0 Å². The maximum absolute atomic E-state index is 13.5. The van der Waals surface area contributed by atoms with Crippen LogP contribution in [-0.4, -0.2) is 38.2 Å². The van der Waals surface area contributed by atoms with Crippen molar-refractivity contribution in [2.24, 2.45) is 0 Å². The summed E-state index contributed by atoms with van der Waals surface area (Å²) in [4.78, 5) is 14.4. The molecule has 2 rings (SSSR count). The lowest BCUT2D eigenvalue weighted by molar-refractivity contribution is 0.0676. The maximum atomic E-state index is 13.5. The Morgan fingerprint density at radius 1 is 1.13 bits per heavy atom. The molecule has 0 saturated heterocycles. The van der Waals surface area contributed by atoms with Gasteiger partial charge in [-0.15, -0.1) is 0 Å². The largest absolute Gasteiger partial charge is 0.496 e. The third-order valence-corrected chi connectivity index (χ3v) is 3.46. The van der Waals surface area contributed by atoms with Gasteiger partial charge in [0.2, 0.25) is 0 Å². The fraction of sp³-hybridized carbons (Fsp3) is 0.278. The van der Waals surface area contributed by atoms with Crippen LogP contribution in [0.4, 0.5) is 4.39 Å². The number of halogens is 1. The van der Waals surface area contributed by atoms with E-state index < -0.39 is 5.82 Å². The predicted octanol–water partition coefficient (Wildman–Crippen LogP) is 3.12. The van der Waals surface area contributed by atoms with Crippen LogP contribution in [0.1, 0.15) is 15.9 Å². The first kappa shape index (κ1) is 17.0. The van der Waals surface area contributed by atoms with Crippen LogP contribution in [0.3, 0.4) is 0 Å². The minimum absolute atomic E-state index is 0.208. The van der Waals surface area contributed by atoms with Crippen molar-refractivity contribution in [3.8, 4) is 5.75 Å². The Balaban J connectivity index is 2.27. The topological polar surface area (TPSA) is 38.8 Å². The molecule has 0 aliphatic rings. The van der Waals surface area contributed by atoms with Gasteiger partial charge in [-0.2, -0.15) is 0 Å². The van der Waals surface area contributed by atoms with Crippen LogP contribution < -0.4 is 4.74 Å². The number of hydrogen-bond donors (Lipinski definition) is 0. The number of hydrogen-bond acceptors (Lipinski definition) is 3. The number of ether oxygens (including phenoxy) is 2. The van der Waals surface area contributed by atoms with Crippen LogP contribution in [0.5, 0.6) is 5.75 Å². The molecule has 1 amide bonds. The SMILES string of the molecule is COCCN(Cc1ccccc1)C(=O)c1cc(F)ccc1OC. The maximum Gasteiger partial charge on any atom is 0.258 e. The highest BCUT2D eigenvalue weighted by molar-refractivity contribution is 5.97. The second-order valence-corrected chi connectivity index (χ2v) is 5.05. The van der Waals surface area contributed by atoms with E-state index in [4.69, 9.17) is 9.47 Å². The lowest BCUT2D eigenvalue weighted by Gasteiger charge is -2.23. The molecule has 4 nitrogen and oxygen atoms in total. The highest BCUT2D eigenvalue weighted by atomic mass is 19.1. The van der Waals surface area contributed by atoms with Gasteiger partial charge < -0.3 is 14.4 Å². The zero-order valence-electron chi connectivity index (χ0n) is 13.3. The molecular formula is C18H20FNO3. The van der Waals surface area contributed by atoms with E-state index in [1.54, 1.807) is 12.0 Å². The van der Waals surface area contributed by atoms with E-state index in [1.807, 2.05) is 30.3 Å². The molecule has 23 heavy (non-hydrogen) atoms. The van der Waals surface area contributed by atoms with Gasteiger partial charge >= 0.3 is 0 Å². The summed E-state index contributed by atoms with van der Waals surface area (Å²) in [5, 5.41) is 0. The first-order valence-corrected chi connectivity index (χ1v) is 7.31. The molecule has 0 atom stereocenters. The van der Waals surface area contributed by atoms with Crippen LogP contribution in [0.25, 0.3) is 0 Å². The standard InChI is InChI=1S/C18H20FNO3/c1-22-11-10-20(13-14-6-4-3-5-7-14)18(21)16-12-15(19)8-9-17(16)23-2/h3-9,12H,10-11,13H2,1-2H3. The van der Waals surface area contributed by atoms with Gasteiger partial charge in [-0.1, -0.05) is 30.3 Å². The highest BCUT2D eigenvalue weighted by Crippen LogP contribution is 2.22. The summed E-state index contributed by atoms with van der Waals surface area (Å²) in [5.41, 5.74) is 1.20. The van der Waals surface area contributed by atoms with Crippen LogP contribution >= 0.6 is 0 Å². The summed E-state index contributed by atoms with van der Waals surface area (Å²) in [6.07, 6.45) is 0. The number of carbonyl (C=O) groups excluding carboxylic acids is 1. The van der Waals surface area contributed by atoms with E-state index in [9.17, 15) is 9.18 Å². The number of benzene rings is 2. The van der Waals surface area contributed by atoms with E-state index in [0.717, 1.165) is 5.56 Å². The zero-order valence-corrected chi connectivity index (χ0v) is 13.3. The van der Waals surface area contributed by atoms with Crippen LogP contribution in [0.15, 0.2) is 48.5 Å². The van der Waals surface area contributed by atoms with Crippen molar-refractivity contribution < 1.29 is 18.7 Å². The highest BCUT2D eigenvalue weighted by Gasteiger charge is 2.20. The lowest BCUT2D eigenvalue weighted by atomic mass is 10.1. The molecule has 0 fully saturated rings. The Hall–Kier alpha value is -2.40. The monoisotopic (exact) mass is 317 g/mol. The normalized spacial score (nSPS) is 10.4. The van der Waals surface area contributed by atoms with Gasteiger partial charge in [0, 0.05) is 20.2 Å². The Kier molecular flexibility index (Phi) is 6.11. The average molecular weight is 317 g/mol. The van der Waals surface area contributed by atoms with Crippen LogP contribution in [-0.2, 0) is 11.3 Å². The second kappa shape index (κ2) is 8.29. The average Bonchev–Trinajstić information content (AvgIpc) is 2.58. The Labute approximate surface area is 135 Å². The first-order chi connectivity index (χ1) is 11.2. The van der Waals surface area contributed by atoms with Crippen molar-refractivity contribution in [2.75, 3.05) is 27.4 Å². The van der Waals surface area contributed by atoms with Gasteiger partial charge in [-0.25, -0.2) is 4.39 Å². The van der Waals surface area contributed by atoms with Gasteiger partial charge in [0.1, 0.15) is 11.6 Å². The van der Waals surface area contributed by atoms with Gasteiger partial charge in [0.15, 0.2) is 0 Å². The molecule has 2 aromatic carbocycles.